The van der Waals surface area contributed by atoms with Crippen LogP contribution in [0.1, 0.15) is 29.9 Å². The van der Waals surface area contributed by atoms with Crippen molar-refractivity contribution in [3.63, 3.8) is 0 Å². The van der Waals surface area contributed by atoms with Crippen molar-refractivity contribution in [2.45, 2.75) is 25.2 Å². The molecule has 0 spiro atoms. The number of hydrogen-bond acceptors (Lipinski definition) is 3. The van der Waals surface area contributed by atoms with Gasteiger partial charge >= 0.3 is 5.97 Å². The van der Waals surface area contributed by atoms with Gasteiger partial charge in [0.25, 0.3) is 0 Å². The van der Waals surface area contributed by atoms with Crippen molar-refractivity contribution in [1.29, 1.82) is 0 Å². The first-order chi connectivity index (χ1) is 11.1. The zero-order valence-electron chi connectivity index (χ0n) is 12.9. The number of aliphatic carboxylic acids is 1. The maximum Gasteiger partial charge on any atom is 0.303 e. The zero-order valence-corrected chi connectivity index (χ0v) is 12.9. The van der Waals surface area contributed by atoms with Gasteiger partial charge in [-0.1, -0.05) is 18.2 Å². The van der Waals surface area contributed by atoms with E-state index >= 15 is 0 Å². The molecule has 0 saturated carbocycles. The topological polar surface area (TPSA) is 68.0 Å². The van der Waals surface area contributed by atoms with Crippen LogP contribution in [0.15, 0.2) is 36.7 Å². The van der Waals surface area contributed by atoms with E-state index in [1.54, 1.807) is 4.68 Å². The minimum atomic E-state index is -0.724. The van der Waals surface area contributed by atoms with Crippen LogP contribution in [0, 0.1) is 0 Å². The first-order valence-corrected chi connectivity index (χ1v) is 7.74. The van der Waals surface area contributed by atoms with E-state index in [1.807, 2.05) is 19.4 Å². The molecule has 1 aliphatic carbocycles. The lowest BCUT2D eigenvalue weighted by molar-refractivity contribution is -0.137. The number of aryl methyl sites for hydroxylation is 2. The minimum absolute atomic E-state index is 0.149. The SMILES string of the molecule is Cn1ncc2cc(-c3ccc4c(c3)CCC4CC(=O)O)cnc21. The fraction of sp³-hybridized carbons (Fsp3) is 0.278. The minimum Gasteiger partial charge on any atom is -0.481 e. The van der Waals surface area contributed by atoms with Crippen molar-refractivity contribution in [3.8, 4) is 11.1 Å². The van der Waals surface area contributed by atoms with E-state index in [1.165, 1.54) is 11.1 Å². The van der Waals surface area contributed by atoms with Crippen LogP contribution in [0.25, 0.3) is 22.2 Å². The number of nitrogens with zero attached hydrogens (tertiary/aromatic N) is 3. The monoisotopic (exact) mass is 307 g/mol. The average molecular weight is 307 g/mol. The molecule has 5 nitrogen and oxygen atoms in total. The van der Waals surface area contributed by atoms with E-state index in [-0.39, 0.29) is 12.3 Å². The van der Waals surface area contributed by atoms with Crippen LogP contribution in [0.4, 0.5) is 0 Å². The Kier molecular flexibility index (Phi) is 3.15. The second-order valence-corrected chi connectivity index (χ2v) is 6.15. The van der Waals surface area contributed by atoms with Crippen molar-refractivity contribution in [3.05, 3.63) is 47.8 Å². The highest BCUT2D eigenvalue weighted by Gasteiger charge is 2.24. The molecule has 2 aromatic heterocycles. The van der Waals surface area contributed by atoms with Crippen LogP contribution >= 0.6 is 0 Å². The Morgan fingerprint density at radius 3 is 3.00 bits per heavy atom. The molecule has 1 aliphatic rings. The van der Waals surface area contributed by atoms with Gasteiger partial charge in [-0.05, 0) is 41.5 Å². The molecule has 5 heteroatoms. The lowest BCUT2D eigenvalue weighted by atomic mass is 9.95. The highest BCUT2D eigenvalue weighted by molar-refractivity contribution is 5.81. The highest BCUT2D eigenvalue weighted by atomic mass is 16.4. The molecule has 2 heterocycles. The third-order valence-corrected chi connectivity index (χ3v) is 4.67. The molecular formula is C18H17N3O2. The Hall–Kier alpha value is -2.69. The molecule has 1 atom stereocenters. The fourth-order valence-electron chi connectivity index (χ4n) is 3.51. The summed E-state index contributed by atoms with van der Waals surface area (Å²) in [5.74, 6) is -0.575. The van der Waals surface area contributed by atoms with Crippen molar-refractivity contribution in [2.24, 2.45) is 7.05 Å². The van der Waals surface area contributed by atoms with E-state index < -0.39 is 5.97 Å². The number of carboxylic acid groups (broad SMARTS) is 1. The van der Waals surface area contributed by atoms with Gasteiger partial charge in [-0.15, -0.1) is 0 Å². The summed E-state index contributed by atoms with van der Waals surface area (Å²) in [7, 11) is 1.88. The second-order valence-electron chi connectivity index (χ2n) is 6.15. The first kappa shape index (κ1) is 13.9. The number of fused-ring (bicyclic) bond motifs is 2. The first-order valence-electron chi connectivity index (χ1n) is 7.74. The van der Waals surface area contributed by atoms with E-state index in [0.717, 1.165) is 35.0 Å². The second kappa shape index (κ2) is 5.19. The molecule has 116 valence electrons. The Bertz CT molecular complexity index is 914. The van der Waals surface area contributed by atoms with Crippen LogP contribution in [0.3, 0.4) is 0 Å². The molecule has 23 heavy (non-hydrogen) atoms. The summed E-state index contributed by atoms with van der Waals surface area (Å²) in [6.45, 7) is 0. The van der Waals surface area contributed by atoms with Gasteiger partial charge < -0.3 is 5.11 Å². The van der Waals surface area contributed by atoms with Gasteiger partial charge in [0, 0.05) is 24.2 Å². The molecular weight excluding hydrogens is 290 g/mol. The standard InChI is InChI=1S/C18H17N3O2/c1-21-18-15(10-20-21)7-14(9-19-18)11-4-5-16-12(6-11)2-3-13(16)8-17(22)23/h4-7,9-10,13H,2-3,8H2,1H3,(H,22,23). The molecule has 0 radical (unpaired) electrons. The number of carboxylic acids is 1. The van der Waals surface area contributed by atoms with Crippen LogP contribution in [0.5, 0.6) is 0 Å². The van der Waals surface area contributed by atoms with Gasteiger partial charge in [-0.25, -0.2) is 4.98 Å². The van der Waals surface area contributed by atoms with E-state index in [4.69, 9.17) is 5.11 Å². The van der Waals surface area contributed by atoms with Crippen LogP contribution in [0.2, 0.25) is 0 Å². The van der Waals surface area contributed by atoms with Crippen molar-refractivity contribution < 1.29 is 9.90 Å². The molecule has 0 saturated heterocycles. The smallest absolute Gasteiger partial charge is 0.303 e. The Labute approximate surface area is 133 Å². The van der Waals surface area contributed by atoms with Gasteiger partial charge in [0.05, 0.1) is 12.6 Å². The lowest BCUT2D eigenvalue weighted by Gasteiger charge is -2.10. The number of pyridine rings is 1. The van der Waals surface area contributed by atoms with E-state index in [2.05, 4.69) is 34.3 Å². The third kappa shape index (κ3) is 2.38. The molecule has 1 unspecified atom stereocenters. The molecule has 0 aliphatic heterocycles. The summed E-state index contributed by atoms with van der Waals surface area (Å²) in [4.78, 5) is 15.5. The summed E-state index contributed by atoms with van der Waals surface area (Å²) in [5, 5.41) is 14.3. The van der Waals surface area contributed by atoms with Gasteiger partial charge in [0.15, 0.2) is 5.65 Å². The molecule has 4 rings (SSSR count). The number of rotatable bonds is 3. The van der Waals surface area contributed by atoms with E-state index in [0.29, 0.717) is 0 Å². The Balaban J connectivity index is 1.71. The summed E-state index contributed by atoms with van der Waals surface area (Å²) >= 11 is 0. The average Bonchev–Trinajstić information content (AvgIpc) is 3.10. The predicted octanol–water partition coefficient (Wildman–Crippen LogP) is 3.14. The zero-order chi connectivity index (χ0) is 16.0. The normalized spacial score (nSPS) is 16.7. The Morgan fingerprint density at radius 2 is 2.17 bits per heavy atom. The summed E-state index contributed by atoms with van der Waals surface area (Å²) in [6, 6.07) is 8.42. The Morgan fingerprint density at radius 1 is 1.30 bits per heavy atom. The number of aromatic nitrogens is 3. The summed E-state index contributed by atoms with van der Waals surface area (Å²) in [5.41, 5.74) is 5.51. The maximum atomic E-state index is 11.0. The summed E-state index contributed by atoms with van der Waals surface area (Å²) < 4.78 is 1.76. The van der Waals surface area contributed by atoms with Gasteiger partial charge in [-0.2, -0.15) is 5.10 Å². The van der Waals surface area contributed by atoms with E-state index in [9.17, 15) is 4.79 Å². The van der Waals surface area contributed by atoms with Gasteiger partial charge in [0.2, 0.25) is 0 Å². The lowest BCUT2D eigenvalue weighted by Crippen LogP contribution is -2.02. The highest BCUT2D eigenvalue weighted by Crippen LogP contribution is 2.37. The van der Waals surface area contributed by atoms with Crippen molar-refractivity contribution >= 4 is 17.0 Å². The molecule has 0 amide bonds. The van der Waals surface area contributed by atoms with Crippen molar-refractivity contribution in [2.75, 3.05) is 0 Å². The molecule has 1 aromatic carbocycles. The molecule has 0 fully saturated rings. The quantitative estimate of drug-likeness (QED) is 0.807. The van der Waals surface area contributed by atoms with Gasteiger partial charge in [0.1, 0.15) is 0 Å². The summed E-state index contributed by atoms with van der Waals surface area (Å²) in [6.07, 6.45) is 5.78. The maximum absolute atomic E-state index is 11.0. The van der Waals surface area contributed by atoms with Gasteiger partial charge in [-0.3, -0.25) is 9.48 Å². The number of hydrogen-bond donors (Lipinski definition) is 1. The number of benzene rings is 1. The van der Waals surface area contributed by atoms with Crippen molar-refractivity contribution in [1.82, 2.24) is 14.8 Å². The van der Waals surface area contributed by atoms with Crippen LogP contribution in [-0.4, -0.2) is 25.8 Å². The molecule has 3 aromatic rings. The van der Waals surface area contributed by atoms with Crippen LogP contribution in [-0.2, 0) is 18.3 Å². The molecule has 0 bridgehead atoms. The largest absolute Gasteiger partial charge is 0.481 e. The molecule has 1 N–H and O–H groups in total. The van der Waals surface area contributed by atoms with Crippen LogP contribution < -0.4 is 0 Å². The predicted molar refractivity (Wildman–Crippen MR) is 87.3 cm³/mol. The fourth-order valence-corrected chi connectivity index (χ4v) is 3.51. The third-order valence-electron chi connectivity index (χ3n) is 4.67. The number of carbonyl (C=O) groups is 1.